The van der Waals surface area contributed by atoms with Crippen LogP contribution in [0.1, 0.15) is 53.9 Å². The van der Waals surface area contributed by atoms with E-state index >= 15 is 0 Å². The minimum Gasteiger partial charge on any atom is -0.462 e. The Morgan fingerprint density at radius 1 is 1.22 bits per heavy atom. The summed E-state index contributed by atoms with van der Waals surface area (Å²) < 4.78 is 21.5. The van der Waals surface area contributed by atoms with Crippen LogP contribution in [0.2, 0.25) is 0 Å². The molecule has 0 aromatic rings. The summed E-state index contributed by atoms with van der Waals surface area (Å²) in [6.07, 6.45) is 0.556. The maximum Gasteiger partial charge on any atom is 0.343 e. The summed E-state index contributed by atoms with van der Waals surface area (Å²) in [5.41, 5.74) is -1.05. The molecule has 4 atom stereocenters. The van der Waals surface area contributed by atoms with Crippen molar-refractivity contribution in [3.63, 3.8) is 0 Å². The molecule has 32 heavy (non-hydrogen) atoms. The first kappa shape index (κ1) is 25.3. The van der Waals surface area contributed by atoms with Crippen LogP contribution in [0.25, 0.3) is 0 Å². The minimum absolute atomic E-state index is 0.0126. The minimum atomic E-state index is -1.42. The molecule has 2 rings (SSSR count). The molecule has 0 saturated heterocycles. The Balaban J connectivity index is 2.62. The largest absolute Gasteiger partial charge is 0.462 e. The third-order valence-electron chi connectivity index (χ3n) is 5.29. The molecule has 9 heteroatoms. The number of esters is 4. The van der Waals surface area contributed by atoms with Gasteiger partial charge in [-0.3, -0.25) is 9.59 Å². The standard InChI is InChI=1S/C23H30O9/c1-12(2)21(26)31-18-9-13(3)17(30-15(5)25)7-8-23(6,28)10-19-20(18)16(22(27)32-19)11-29-14(4)24/h10,13,17-18,28H,1,7-9,11H2,2-6H3. The number of rotatable bonds is 5. The van der Waals surface area contributed by atoms with Gasteiger partial charge in [0.1, 0.15) is 24.6 Å². The highest BCUT2D eigenvalue weighted by Crippen LogP contribution is 2.38. The van der Waals surface area contributed by atoms with Crippen LogP contribution in [0.3, 0.4) is 0 Å². The Morgan fingerprint density at radius 2 is 1.88 bits per heavy atom. The molecular weight excluding hydrogens is 420 g/mol. The molecule has 0 radical (unpaired) electrons. The Hall–Kier alpha value is -2.94. The lowest BCUT2D eigenvalue weighted by Gasteiger charge is -2.32. The fourth-order valence-electron chi connectivity index (χ4n) is 3.65. The van der Waals surface area contributed by atoms with Crippen molar-refractivity contribution in [2.24, 2.45) is 5.92 Å². The lowest BCUT2D eigenvalue weighted by molar-refractivity contribution is -0.152. The van der Waals surface area contributed by atoms with Crippen molar-refractivity contribution in [2.75, 3.05) is 6.61 Å². The third-order valence-corrected chi connectivity index (χ3v) is 5.29. The highest BCUT2D eigenvalue weighted by molar-refractivity contribution is 5.96. The van der Waals surface area contributed by atoms with Gasteiger partial charge in [-0.25, -0.2) is 9.59 Å². The predicted octanol–water partition coefficient (Wildman–Crippen LogP) is 2.28. The molecule has 9 nitrogen and oxygen atoms in total. The summed E-state index contributed by atoms with van der Waals surface area (Å²) in [5, 5.41) is 10.9. The van der Waals surface area contributed by atoms with E-state index in [9.17, 15) is 24.3 Å². The van der Waals surface area contributed by atoms with Gasteiger partial charge in [-0.1, -0.05) is 13.5 Å². The second kappa shape index (κ2) is 10.1. The van der Waals surface area contributed by atoms with Crippen LogP contribution in [-0.4, -0.2) is 53.4 Å². The van der Waals surface area contributed by atoms with Crippen LogP contribution >= 0.6 is 0 Å². The van der Waals surface area contributed by atoms with E-state index < -0.39 is 41.7 Å². The molecule has 4 unspecified atom stereocenters. The van der Waals surface area contributed by atoms with Gasteiger partial charge in [-0.2, -0.15) is 0 Å². The summed E-state index contributed by atoms with van der Waals surface area (Å²) in [6.45, 7) is 10.5. The number of hydrogen-bond donors (Lipinski definition) is 1. The van der Waals surface area contributed by atoms with Gasteiger partial charge >= 0.3 is 23.9 Å². The van der Waals surface area contributed by atoms with E-state index in [4.69, 9.17) is 18.9 Å². The molecule has 1 N–H and O–H groups in total. The van der Waals surface area contributed by atoms with Crippen LogP contribution in [0, 0.1) is 5.92 Å². The van der Waals surface area contributed by atoms with Gasteiger partial charge in [0, 0.05) is 25.0 Å². The van der Waals surface area contributed by atoms with Crippen molar-refractivity contribution in [3.8, 4) is 0 Å². The molecule has 0 fully saturated rings. The normalized spacial score (nSPS) is 28.1. The summed E-state index contributed by atoms with van der Waals surface area (Å²) in [4.78, 5) is 48.0. The fourth-order valence-corrected chi connectivity index (χ4v) is 3.65. The Kier molecular flexibility index (Phi) is 8.01. The van der Waals surface area contributed by atoms with E-state index in [0.717, 1.165) is 0 Å². The van der Waals surface area contributed by atoms with Crippen molar-refractivity contribution in [2.45, 2.75) is 71.7 Å². The number of hydrogen-bond acceptors (Lipinski definition) is 9. The van der Waals surface area contributed by atoms with Crippen LogP contribution in [0.5, 0.6) is 0 Å². The summed E-state index contributed by atoms with van der Waals surface area (Å²) in [7, 11) is 0. The van der Waals surface area contributed by atoms with Crippen molar-refractivity contribution in [1.82, 2.24) is 0 Å². The SMILES string of the molecule is C=C(C)C(=O)OC1CC(C)C(OC(C)=O)CCC(C)(O)C=C2OC(=O)C(COC(C)=O)=C21. The van der Waals surface area contributed by atoms with Crippen LogP contribution in [0.4, 0.5) is 0 Å². The van der Waals surface area contributed by atoms with Gasteiger partial charge in [0.25, 0.3) is 0 Å². The van der Waals surface area contributed by atoms with E-state index in [-0.39, 0.29) is 47.8 Å². The van der Waals surface area contributed by atoms with Crippen LogP contribution in [-0.2, 0) is 38.1 Å². The van der Waals surface area contributed by atoms with Gasteiger partial charge in [-0.15, -0.1) is 0 Å². The second-order valence-electron chi connectivity index (χ2n) is 8.50. The number of aliphatic hydroxyl groups is 1. The van der Waals surface area contributed by atoms with Crippen molar-refractivity contribution in [3.05, 3.63) is 35.1 Å². The molecule has 0 saturated carbocycles. The first-order chi connectivity index (χ1) is 14.8. The smallest absolute Gasteiger partial charge is 0.343 e. The zero-order chi connectivity index (χ0) is 24.2. The number of ether oxygens (including phenoxy) is 4. The van der Waals surface area contributed by atoms with E-state index in [1.165, 1.54) is 33.8 Å². The second-order valence-corrected chi connectivity index (χ2v) is 8.50. The first-order valence-electron chi connectivity index (χ1n) is 10.4. The zero-order valence-corrected chi connectivity index (χ0v) is 19.1. The molecule has 1 heterocycles. The van der Waals surface area contributed by atoms with E-state index in [2.05, 4.69) is 6.58 Å². The third kappa shape index (κ3) is 6.53. The van der Waals surface area contributed by atoms with Crippen molar-refractivity contribution in [1.29, 1.82) is 0 Å². The zero-order valence-electron chi connectivity index (χ0n) is 19.1. The lowest BCUT2D eigenvalue weighted by atomic mass is 9.84. The predicted molar refractivity (Wildman–Crippen MR) is 112 cm³/mol. The maximum absolute atomic E-state index is 12.6. The topological polar surface area (TPSA) is 125 Å². The van der Waals surface area contributed by atoms with Gasteiger partial charge in [0.15, 0.2) is 0 Å². The highest BCUT2D eigenvalue weighted by atomic mass is 16.6. The molecule has 2 aliphatic rings. The van der Waals surface area contributed by atoms with E-state index in [1.807, 2.05) is 6.92 Å². The molecule has 0 aromatic carbocycles. The molecular formula is C23H30O9. The molecule has 0 amide bonds. The van der Waals surface area contributed by atoms with Gasteiger partial charge in [0.05, 0.1) is 11.2 Å². The maximum atomic E-state index is 12.6. The molecule has 1 aliphatic heterocycles. The van der Waals surface area contributed by atoms with E-state index in [1.54, 1.807) is 0 Å². The molecule has 0 aromatic heterocycles. The average Bonchev–Trinajstić information content (AvgIpc) is 2.95. The Labute approximate surface area is 187 Å². The number of fused-ring (bicyclic) bond motifs is 1. The molecule has 0 spiro atoms. The average molecular weight is 450 g/mol. The van der Waals surface area contributed by atoms with Gasteiger partial charge < -0.3 is 24.1 Å². The summed E-state index contributed by atoms with van der Waals surface area (Å²) in [5.74, 6) is -2.79. The highest BCUT2D eigenvalue weighted by Gasteiger charge is 2.41. The van der Waals surface area contributed by atoms with Gasteiger partial charge in [0.2, 0.25) is 0 Å². The monoisotopic (exact) mass is 450 g/mol. The first-order valence-corrected chi connectivity index (χ1v) is 10.4. The molecule has 1 aliphatic carbocycles. The quantitative estimate of drug-likeness (QED) is 0.381. The van der Waals surface area contributed by atoms with Crippen LogP contribution in [0.15, 0.2) is 35.1 Å². The number of carbonyl (C=O) groups is 4. The van der Waals surface area contributed by atoms with Gasteiger partial charge in [-0.05, 0) is 45.1 Å². The molecule has 176 valence electrons. The van der Waals surface area contributed by atoms with E-state index in [0.29, 0.717) is 6.42 Å². The fraction of sp³-hybridized carbons (Fsp3) is 0.565. The lowest BCUT2D eigenvalue weighted by Crippen LogP contribution is -2.35. The van der Waals surface area contributed by atoms with Crippen molar-refractivity contribution >= 4 is 23.9 Å². The van der Waals surface area contributed by atoms with Crippen molar-refractivity contribution < 1.29 is 43.2 Å². The Morgan fingerprint density at radius 3 is 2.44 bits per heavy atom. The summed E-state index contributed by atoms with van der Waals surface area (Å²) >= 11 is 0. The number of carbonyl (C=O) groups excluding carboxylic acids is 4. The molecule has 0 bridgehead atoms. The van der Waals surface area contributed by atoms with Crippen LogP contribution < -0.4 is 0 Å². The Bertz CT molecular complexity index is 878. The summed E-state index contributed by atoms with van der Waals surface area (Å²) in [6, 6.07) is 0.